The number of nitrogens with one attached hydrogen (secondary N) is 1. The molecule has 0 saturated carbocycles. The molecule has 0 spiro atoms. The second kappa shape index (κ2) is 6.35. The number of phenolic OH excluding ortho intramolecular Hbond substituents is 1. The van der Waals surface area contributed by atoms with Crippen LogP contribution in [0.15, 0.2) is 60.7 Å². The number of anilines is 1. The Morgan fingerprint density at radius 2 is 1.89 bits per heavy atom. The summed E-state index contributed by atoms with van der Waals surface area (Å²) in [6.45, 7) is 0. The third-order valence-corrected chi connectivity index (χ3v) is 5.27. The van der Waals surface area contributed by atoms with Gasteiger partial charge in [-0.1, -0.05) is 35.9 Å². The molecule has 2 N–H and O–H groups in total. The summed E-state index contributed by atoms with van der Waals surface area (Å²) in [6, 6.07) is 18.4. The number of rotatable bonds is 2. The fourth-order valence-corrected chi connectivity index (χ4v) is 3.84. The summed E-state index contributed by atoms with van der Waals surface area (Å²) in [6.07, 6.45) is 0.269. The minimum Gasteiger partial charge on any atom is -0.506 e. The molecule has 0 aliphatic carbocycles. The summed E-state index contributed by atoms with van der Waals surface area (Å²) < 4.78 is 0. The Balaban J connectivity index is 1.72. The third-order valence-electron chi connectivity index (χ3n) is 4.97. The molecule has 7 heteroatoms. The molecule has 1 atom stereocenters. The number of aromatic nitrogens is 3. The van der Waals surface area contributed by atoms with Crippen molar-refractivity contribution in [1.29, 1.82) is 0 Å². The molecule has 5 rings (SSSR count). The van der Waals surface area contributed by atoms with Gasteiger partial charge in [-0.25, -0.2) is 0 Å². The standard InChI is InChI=1S/C21H15ClN4O2/c22-15-10-12(6-9-18(15)27)14-11-19(28)23-16-7-8-17-21(20(14)16)25-26(24-17)13-4-2-1-3-5-13/h1-10,14,27H,11H2,(H,23,28)/t14-/m0/s1. The van der Waals surface area contributed by atoms with Crippen LogP contribution in [0.3, 0.4) is 0 Å². The molecule has 3 aromatic carbocycles. The van der Waals surface area contributed by atoms with Crippen molar-refractivity contribution in [3.8, 4) is 11.4 Å². The van der Waals surface area contributed by atoms with Crippen molar-refractivity contribution in [3.63, 3.8) is 0 Å². The Bertz CT molecular complexity index is 1220. The first-order valence-corrected chi connectivity index (χ1v) is 9.21. The summed E-state index contributed by atoms with van der Waals surface area (Å²) in [4.78, 5) is 13.9. The van der Waals surface area contributed by atoms with Gasteiger partial charge in [0.15, 0.2) is 0 Å². The van der Waals surface area contributed by atoms with Crippen LogP contribution in [0.1, 0.15) is 23.5 Å². The van der Waals surface area contributed by atoms with Gasteiger partial charge in [0, 0.05) is 23.6 Å². The van der Waals surface area contributed by atoms with E-state index < -0.39 is 0 Å². The van der Waals surface area contributed by atoms with Crippen molar-refractivity contribution < 1.29 is 9.90 Å². The fraction of sp³-hybridized carbons (Fsp3) is 0.0952. The molecule has 0 bridgehead atoms. The number of amides is 1. The number of phenols is 1. The van der Waals surface area contributed by atoms with E-state index in [9.17, 15) is 9.90 Å². The van der Waals surface area contributed by atoms with Gasteiger partial charge >= 0.3 is 0 Å². The van der Waals surface area contributed by atoms with E-state index in [2.05, 4.69) is 10.4 Å². The molecule has 6 nitrogen and oxygen atoms in total. The summed E-state index contributed by atoms with van der Waals surface area (Å²) in [5.74, 6) is -0.290. The lowest BCUT2D eigenvalue weighted by molar-refractivity contribution is -0.116. The van der Waals surface area contributed by atoms with E-state index in [4.69, 9.17) is 16.7 Å². The van der Waals surface area contributed by atoms with E-state index in [-0.39, 0.29) is 29.0 Å². The number of halogens is 1. The summed E-state index contributed by atoms with van der Waals surface area (Å²) in [7, 11) is 0. The number of hydrogen-bond acceptors (Lipinski definition) is 4. The van der Waals surface area contributed by atoms with Crippen LogP contribution in [0.4, 0.5) is 5.69 Å². The minimum absolute atomic E-state index is 0.0131. The molecule has 0 fully saturated rings. The summed E-state index contributed by atoms with van der Waals surface area (Å²) in [5, 5.41) is 22.2. The fourth-order valence-electron chi connectivity index (χ4n) is 3.65. The molecule has 1 aromatic heterocycles. The Hall–Kier alpha value is -3.38. The molecule has 28 heavy (non-hydrogen) atoms. The van der Waals surface area contributed by atoms with Crippen molar-refractivity contribution in [2.75, 3.05) is 5.32 Å². The van der Waals surface area contributed by atoms with Gasteiger partial charge in [-0.3, -0.25) is 4.79 Å². The highest BCUT2D eigenvalue weighted by Crippen LogP contribution is 2.42. The lowest BCUT2D eigenvalue weighted by Gasteiger charge is -2.26. The topological polar surface area (TPSA) is 80.0 Å². The maximum Gasteiger partial charge on any atom is 0.225 e. The van der Waals surface area contributed by atoms with Crippen LogP contribution in [0, 0.1) is 0 Å². The van der Waals surface area contributed by atoms with Gasteiger partial charge in [0.25, 0.3) is 0 Å². The van der Waals surface area contributed by atoms with Crippen LogP contribution in [-0.2, 0) is 4.79 Å². The molecule has 0 radical (unpaired) electrons. The molecule has 0 saturated heterocycles. The highest BCUT2D eigenvalue weighted by molar-refractivity contribution is 6.32. The smallest absolute Gasteiger partial charge is 0.225 e. The molecule has 1 amide bonds. The van der Waals surface area contributed by atoms with E-state index in [1.165, 1.54) is 0 Å². The van der Waals surface area contributed by atoms with E-state index in [1.54, 1.807) is 23.0 Å². The van der Waals surface area contributed by atoms with Gasteiger partial charge in [-0.2, -0.15) is 4.80 Å². The maximum atomic E-state index is 12.3. The summed E-state index contributed by atoms with van der Waals surface area (Å²) in [5.41, 5.74) is 4.81. The number of benzene rings is 3. The first-order chi connectivity index (χ1) is 13.6. The lowest BCUT2D eigenvalue weighted by atomic mass is 9.84. The van der Waals surface area contributed by atoms with E-state index in [1.807, 2.05) is 42.5 Å². The second-order valence-electron chi connectivity index (χ2n) is 6.74. The Morgan fingerprint density at radius 1 is 1.07 bits per heavy atom. The second-order valence-corrected chi connectivity index (χ2v) is 7.14. The molecule has 0 unspecified atom stereocenters. The number of nitrogens with zero attached hydrogens (tertiary/aromatic N) is 3. The van der Waals surface area contributed by atoms with Crippen molar-refractivity contribution >= 4 is 34.2 Å². The van der Waals surface area contributed by atoms with E-state index in [0.29, 0.717) is 0 Å². The monoisotopic (exact) mass is 390 g/mol. The van der Waals surface area contributed by atoms with Crippen LogP contribution in [0.25, 0.3) is 16.7 Å². The Labute approximate surface area is 165 Å². The predicted molar refractivity (Wildman–Crippen MR) is 107 cm³/mol. The Kier molecular flexibility index (Phi) is 3.80. The first-order valence-electron chi connectivity index (χ1n) is 8.84. The van der Waals surface area contributed by atoms with E-state index in [0.717, 1.165) is 33.5 Å². The lowest BCUT2D eigenvalue weighted by Crippen LogP contribution is -2.23. The van der Waals surface area contributed by atoms with Crippen molar-refractivity contribution in [2.45, 2.75) is 12.3 Å². The molecule has 4 aromatic rings. The number of aromatic hydroxyl groups is 1. The van der Waals surface area contributed by atoms with Gasteiger partial charge in [0.05, 0.1) is 10.7 Å². The molecule has 2 heterocycles. The van der Waals surface area contributed by atoms with Crippen LogP contribution in [0.5, 0.6) is 5.75 Å². The average Bonchev–Trinajstić information content (AvgIpc) is 3.14. The number of carbonyl (C=O) groups is 1. The van der Waals surface area contributed by atoms with Gasteiger partial charge < -0.3 is 10.4 Å². The van der Waals surface area contributed by atoms with Crippen LogP contribution >= 0.6 is 11.6 Å². The molecular weight excluding hydrogens is 376 g/mol. The molecule has 1 aliphatic heterocycles. The quantitative estimate of drug-likeness (QED) is 0.536. The van der Waals surface area contributed by atoms with E-state index >= 15 is 0 Å². The molecule has 1 aliphatic rings. The SMILES string of the molecule is O=C1C[C@@H](c2ccc(O)c(Cl)c2)c2c(ccc3nn(-c4ccccc4)nc23)N1. The number of carbonyl (C=O) groups excluding carboxylic acids is 1. The predicted octanol–water partition coefficient (Wildman–Crippen LogP) is 4.25. The van der Waals surface area contributed by atoms with Crippen LogP contribution < -0.4 is 5.32 Å². The van der Waals surface area contributed by atoms with Gasteiger partial charge in [-0.05, 0) is 42.0 Å². The highest BCUT2D eigenvalue weighted by atomic mass is 35.5. The minimum atomic E-state index is -0.230. The largest absolute Gasteiger partial charge is 0.506 e. The highest BCUT2D eigenvalue weighted by Gasteiger charge is 2.30. The normalized spacial score (nSPS) is 16.0. The molecular formula is C21H15ClN4O2. The number of hydrogen-bond donors (Lipinski definition) is 2. The van der Waals surface area contributed by atoms with Crippen molar-refractivity contribution in [2.24, 2.45) is 0 Å². The van der Waals surface area contributed by atoms with Crippen molar-refractivity contribution in [1.82, 2.24) is 15.0 Å². The zero-order chi connectivity index (χ0) is 19.3. The van der Waals surface area contributed by atoms with Gasteiger partial charge in [0.2, 0.25) is 5.91 Å². The zero-order valence-electron chi connectivity index (χ0n) is 14.6. The number of para-hydroxylation sites is 1. The van der Waals surface area contributed by atoms with Gasteiger partial charge in [0.1, 0.15) is 16.8 Å². The molecule has 138 valence electrons. The number of fused-ring (bicyclic) bond motifs is 3. The van der Waals surface area contributed by atoms with Crippen LogP contribution in [-0.4, -0.2) is 26.0 Å². The zero-order valence-corrected chi connectivity index (χ0v) is 15.4. The summed E-state index contributed by atoms with van der Waals surface area (Å²) >= 11 is 6.12. The third kappa shape index (κ3) is 2.70. The first kappa shape index (κ1) is 16.8. The average molecular weight is 391 g/mol. The van der Waals surface area contributed by atoms with Crippen LogP contribution in [0.2, 0.25) is 5.02 Å². The maximum absolute atomic E-state index is 12.3. The van der Waals surface area contributed by atoms with Gasteiger partial charge in [-0.15, -0.1) is 10.2 Å². The Morgan fingerprint density at radius 3 is 2.68 bits per heavy atom. The van der Waals surface area contributed by atoms with Crippen molar-refractivity contribution in [3.05, 3.63) is 76.8 Å².